The van der Waals surface area contributed by atoms with Crippen LogP contribution in [0.2, 0.25) is 0 Å². The van der Waals surface area contributed by atoms with Crippen molar-refractivity contribution in [2.24, 2.45) is 5.73 Å². The molecule has 0 radical (unpaired) electrons. The molecule has 0 saturated heterocycles. The third kappa shape index (κ3) is 5.91. The van der Waals surface area contributed by atoms with E-state index in [2.05, 4.69) is 26.7 Å². The monoisotopic (exact) mass is 527 g/mol. The van der Waals surface area contributed by atoms with Gasteiger partial charge >= 0.3 is 0 Å². The summed E-state index contributed by atoms with van der Waals surface area (Å²) in [4.78, 5) is 54.8. The highest BCUT2D eigenvalue weighted by molar-refractivity contribution is 6.08. The Balaban J connectivity index is 1.56. The number of hydrogen-bond donors (Lipinski definition) is 5. The lowest BCUT2D eigenvalue weighted by Crippen LogP contribution is -2.52. The van der Waals surface area contributed by atoms with Gasteiger partial charge in [0.2, 0.25) is 11.8 Å². The number of aromatic amines is 2. The number of H-pyrrole nitrogens is 2. The van der Waals surface area contributed by atoms with Crippen molar-refractivity contribution in [3.63, 3.8) is 0 Å². The molecule has 8 bridgehead atoms. The van der Waals surface area contributed by atoms with Crippen molar-refractivity contribution in [1.82, 2.24) is 30.6 Å². The second kappa shape index (κ2) is 10.8. The van der Waals surface area contributed by atoms with Crippen LogP contribution in [0.15, 0.2) is 42.5 Å². The van der Waals surface area contributed by atoms with Crippen LogP contribution in [0.3, 0.4) is 0 Å². The number of ketones is 1. The number of carbonyl (C=O) groups is 3. The molecule has 3 atom stereocenters. The molecule has 0 saturated carbocycles. The highest BCUT2D eigenvalue weighted by atomic mass is 16.2. The first-order valence-corrected chi connectivity index (χ1v) is 13.2. The van der Waals surface area contributed by atoms with E-state index in [4.69, 9.17) is 15.7 Å². The van der Waals surface area contributed by atoms with E-state index >= 15 is 0 Å². The summed E-state index contributed by atoms with van der Waals surface area (Å²) in [5.74, 6) is -1.19. The van der Waals surface area contributed by atoms with Gasteiger partial charge in [-0.25, -0.2) is 0 Å². The number of carbonyl (C=O) groups excluding carboxylic acids is 3. The zero-order valence-corrected chi connectivity index (χ0v) is 22.3. The first kappa shape index (κ1) is 26.3. The van der Waals surface area contributed by atoms with Crippen LogP contribution in [-0.2, 0) is 35.3 Å². The van der Waals surface area contributed by atoms with Crippen molar-refractivity contribution in [2.75, 3.05) is 0 Å². The first-order valence-electron chi connectivity index (χ1n) is 13.2. The van der Waals surface area contributed by atoms with Gasteiger partial charge in [0.25, 0.3) is 0 Å². The topological polar surface area (TPSA) is 159 Å². The molecule has 10 nitrogen and oxygen atoms in total. The normalized spacial score (nSPS) is 15.3. The van der Waals surface area contributed by atoms with E-state index in [9.17, 15) is 14.4 Å². The fourth-order valence-corrected chi connectivity index (χ4v) is 4.82. The smallest absolute Gasteiger partial charge is 0.242 e. The summed E-state index contributed by atoms with van der Waals surface area (Å²) in [5, 5.41) is 5.29. The Morgan fingerprint density at radius 1 is 0.744 bits per heavy atom. The van der Waals surface area contributed by atoms with Gasteiger partial charge in [0.15, 0.2) is 5.78 Å². The van der Waals surface area contributed by atoms with Crippen LogP contribution in [0, 0.1) is 0 Å². The molecular weight excluding hydrogens is 494 g/mol. The van der Waals surface area contributed by atoms with Gasteiger partial charge in [-0.3, -0.25) is 24.4 Å². The Kier molecular flexibility index (Phi) is 7.30. The Morgan fingerprint density at radius 3 is 1.92 bits per heavy atom. The summed E-state index contributed by atoms with van der Waals surface area (Å²) >= 11 is 0. The molecule has 39 heavy (non-hydrogen) atoms. The predicted octanol–water partition coefficient (Wildman–Crippen LogP) is 2.42. The number of hydrogen-bond acceptors (Lipinski definition) is 6. The van der Waals surface area contributed by atoms with E-state index in [0.717, 1.165) is 46.5 Å². The maximum atomic E-state index is 13.8. The maximum Gasteiger partial charge on any atom is 0.242 e. The van der Waals surface area contributed by atoms with Gasteiger partial charge in [-0.15, -0.1) is 0 Å². The van der Waals surface area contributed by atoms with Crippen molar-refractivity contribution in [1.29, 1.82) is 0 Å². The number of nitrogens with zero attached hydrogens (tertiary/aromatic N) is 2. The Hall–Kier alpha value is -4.31. The summed E-state index contributed by atoms with van der Waals surface area (Å²) in [6.45, 7) is 4.72. The average molecular weight is 528 g/mol. The standard InChI is InChI=1S/C29H33N7O3/c1-15(30)28(38)32-17(3)29(39)31-16(2)27(37)26-24-10-8-22(35-24)13-20-6-4-18(33-20)12-19-5-7-21(34-19)14-23-9-11-25(26)36-23/h4,6,9,11-17,33,36H,5,7-8,10,30H2,1-3H3,(H,31,39)(H,32,38)/t15-,16-,17-/m0/s1. The van der Waals surface area contributed by atoms with Gasteiger partial charge < -0.3 is 26.3 Å². The predicted molar refractivity (Wildman–Crippen MR) is 149 cm³/mol. The molecule has 5 rings (SSSR count). The molecule has 0 spiro atoms. The molecule has 202 valence electrons. The lowest BCUT2D eigenvalue weighted by atomic mass is 10.0. The molecule has 2 aliphatic heterocycles. The molecule has 0 fully saturated rings. The van der Waals surface area contributed by atoms with E-state index < -0.39 is 29.9 Å². The number of nitrogens with one attached hydrogen (secondary N) is 4. The molecule has 6 N–H and O–H groups in total. The molecule has 3 aromatic heterocycles. The molecule has 0 aliphatic carbocycles. The number of amides is 2. The summed E-state index contributed by atoms with van der Waals surface area (Å²) in [6, 6.07) is 11.4. The van der Waals surface area contributed by atoms with E-state index in [1.807, 2.05) is 36.4 Å². The van der Waals surface area contributed by atoms with Crippen molar-refractivity contribution >= 4 is 39.7 Å². The van der Waals surface area contributed by atoms with Crippen LogP contribution in [0.4, 0.5) is 0 Å². The highest BCUT2D eigenvalue weighted by Gasteiger charge is 2.26. The quantitative estimate of drug-likeness (QED) is 0.310. The zero-order valence-electron chi connectivity index (χ0n) is 22.3. The van der Waals surface area contributed by atoms with Crippen molar-refractivity contribution in [2.45, 2.75) is 64.6 Å². The number of aryl methyl sites for hydroxylation is 4. The summed E-state index contributed by atoms with van der Waals surface area (Å²) < 4.78 is 0. The molecule has 2 amide bonds. The Bertz CT molecular complexity index is 1600. The van der Waals surface area contributed by atoms with Crippen LogP contribution in [-0.4, -0.2) is 55.7 Å². The average Bonchev–Trinajstić information content (AvgIpc) is 3.70. The van der Waals surface area contributed by atoms with Gasteiger partial charge in [-0.2, -0.15) is 0 Å². The SMILES string of the molecule is C[C@H](N)C(=O)N[C@@H](C)C(=O)N[C@@H](C)C(=O)c1c2nc(cc3ccc(cc4nc(cc5ccc1[nH]5)CC4)[nH]3)CC2. The first-order chi connectivity index (χ1) is 18.7. The molecule has 0 unspecified atom stereocenters. The minimum atomic E-state index is -0.850. The number of aromatic nitrogens is 4. The number of Topliss-reactive ketones (excluding diaryl/α,β-unsaturated/α-hetero) is 1. The summed E-state index contributed by atoms with van der Waals surface area (Å²) in [6.07, 6.45) is 2.98. The number of fused-ring (bicyclic) bond motifs is 8. The Morgan fingerprint density at radius 2 is 1.28 bits per heavy atom. The minimum Gasteiger partial charge on any atom is -0.355 e. The largest absolute Gasteiger partial charge is 0.355 e. The molecule has 0 aromatic carbocycles. The fourth-order valence-electron chi connectivity index (χ4n) is 4.82. The van der Waals surface area contributed by atoms with E-state index in [1.165, 1.54) is 6.92 Å². The van der Waals surface area contributed by atoms with Crippen molar-refractivity contribution < 1.29 is 14.4 Å². The lowest BCUT2D eigenvalue weighted by Gasteiger charge is -2.19. The van der Waals surface area contributed by atoms with Gasteiger partial charge in [0, 0.05) is 33.6 Å². The van der Waals surface area contributed by atoms with Crippen LogP contribution in [0.1, 0.15) is 53.9 Å². The van der Waals surface area contributed by atoms with E-state index in [-0.39, 0.29) is 5.78 Å². The molecule has 10 heteroatoms. The van der Waals surface area contributed by atoms with Crippen molar-refractivity contribution in [3.8, 4) is 0 Å². The van der Waals surface area contributed by atoms with E-state index in [0.29, 0.717) is 29.6 Å². The zero-order chi connectivity index (χ0) is 27.7. The highest BCUT2D eigenvalue weighted by Crippen LogP contribution is 2.22. The van der Waals surface area contributed by atoms with Crippen LogP contribution in [0.25, 0.3) is 22.1 Å². The third-order valence-corrected chi connectivity index (χ3v) is 6.95. The fraction of sp³-hybridized carbons (Fsp3) is 0.345. The molecular formula is C29H33N7O3. The van der Waals surface area contributed by atoms with Crippen LogP contribution in [0.5, 0.6) is 0 Å². The van der Waals surface area contributed by atoms with Crippen LogP contribution < -0.4 is 16.4 Å². The second-order valence-electron chi connectivity index (χ2n) is 10.3. The summed E-state index contributed by atoms with van der Waals surface area (Å²) in [7, 11) is 0. The molecule has 3 aromatic rings. The lowest BCUT2D eigenvalue weighted by molar-refractivity contribution is -0.129. The van der Waals surface area contributed by atoms with E-state index in [1.54, 1.807) is 13.8 Å². The summed E-state index contributed by atoms with van der Waals surface area (Å²) in [5.41, 5.74) is 12.9. The molecule has 5 heterocycles. The Labute approximate surface area is 225 Å². The van der Waals surface area contributed by atoms with Gasteiger partial charge in [0.1, 0.15) is 6.04 Å². The molecule has 2 aliphatic rings. The minimum absolute atomic E-state index is 0.269. The maximum absolute atomic E-state index is 13.8. The van der Waals surface area contributed by atoms with Gasteiger partial charge in [-0.1, -0.05) is 0 Å². The number of nitrogens with two attached hydrogens (primary N) is 1. The van der Waals surface area contributed by atoms with Gasteiger partial charge in [0.05, 0.1) is 28.9 Å². The third-order valence-electron chi connectivity index (χ3n) is 6.95. The second-order valence-corrected chi connectivity index (χ2v) is 10.3. The van der Waals surface area contributed by atoms with Crippen LogP contribution >= 0.6 is 0 Å². The van der Waals surface area contributed by atoms with Gasteiger partial charge in [-0.05, 0) is 88.9 Å². The van der Waals surface area contributed by atoms with Crippen molar-refractivity contribution in [3.05, 3.63) is 70.8 Å². The number of rotatable bonds is 6.